The lowest BCUT2D eigenvalue weighted by Crippen LogP contribution is -2.14. The first kappa shape index (κ1) is 10.5. The molecule has 1 aromatic carbocycles. The van der Waals surface area contributed by atoms with Crippen molar-refractivity contribution in [1.82, 2.24) is 0 Å². The van der Waals surface area contributed by atoms with Crippen molar-refractivity contribution in [3.63, 3.8) is 0 Å². The molecule has 0 bridgehead atoms. The summed E-state index contributed by atoms with van der Waals surface area (Å²) in [6.07, 6.45) is 1.10. The fraction of sp³-hybridized carbons (Fsp3) is 0.364. The van der Waals surface area contributed by atoms with Crippen molar-refractivity contribution < 1.29 is 4.39 Å². The lowest BCUT2D eigenvalue weighted by Gasteiger charge is -2.13. The van der Waals surface area contributed by atoms with Crippen LogP contribution in [-0.4, -0.2) is 17.5 Å². The standard InChI is InChI=1S/C11H13FN2S/c1-8-3-4-10(9(12)7-8)14-11-13-5-2-6-15-11/h3-4,7H,2,5-6H2,1H3,(H,13,14). The molecule has 1 aliphatic heterocycles. The number of thioether (sulfide) groups is 1. The molecule has 0 spiro atoms. The van der Waals surface area contributed by atoms with Crippen molar-refractivity contribution in [2.75, 3.05) is 17.6 Å². The SMILES string of the molecule is Cc1ccc(NC2=NCCCS2)c(F)c1. The van der Waals surface area contributed by atoms with E-state index in [1.165, 1.54) is 6.07 Å². The molecule has 1 aliphatic rings. The van der Waals surface area contributed by atoms with Gasteiger partial charge in [-0.25, -0.2) is 4.39 Å². The minimum absolute atomic E-state index is 0.219. The summed E-state index contributed by atoms with van der Waals surface area (Å²) in [5, 5.41) is 3.84. The number of halogens is 1. The highest BCUT2D eigenvalue weighted by atomic mass is 32.2. The number of nitrogens with one attached hydrogen (secondary N) is 1. The molecule has 4 heteroatoms. The molecule has 2 nitrogen and oxygen atoms in total. The summed E-state index contributed by atoms with van der Waals surface area (Å²) in [6.45, 7) is 2.71. The van der Waals surface area contributed by atoms with Gasteiger partial charge in [0.05, 0.1) is 5.69 Å². The van der Waals surface area contributed by atoms with E-state index in [2.05, 4.69) is 10.3 Å². The molecule has 0 aliphatic carbocycles. The molecular weight excluding hydrogens is 211 g/mol. The van der Waals surface area contributed by atoms with Gasteiger partial charge in [0.15, 0.2) is 5.17 Å². The molecule has 0 saturated carbocycles. The number of rotatable bonds is 1. The number of hydrogen-bond donors (Lipinski definition) is 1. The van der Waals surface area contributed by atoms with Crippen molar-refractivity contribution in [2.24, 2.45) is 4.99 Å². The van der Waals surface area contributed by atoms with Crippen molar-refractivity contribution in [3.8, 4) is 0 Å². The fourth-order valence-corrected chi connectivity index (χ4v) is 2.20. The highest BCUT2D eigenvalue weighted by Crippen LogP contribution is 2.19. The first-order chi connectivity index (χ1) is 7.25. The Bertz CT molecular complexity index is 390. The van der Waals surface area contributed by atoms with Gasteiger partial charge in [-0.1, -0.05) is 17.8 Å². The van der Waals surface area contributed by atoms with Gasteiger partial charge in [0.1, 0.15) is 5.82 Å². The maximum Gasteiger partial charge on any atom is 0.161 e. The Balaban J connectivity index is 2.13. The molecule has 1 N–H and O–H groups in total. The average molecular weight is 224 g/mol. The number of benzene rings is 1. The van der Waals surface area contributed by atoms with Crippen LogP contribution in [0.1, 0.15) is 12.0 Å². The highest BCUT2D eigenvalue weighted by Gasteiger charge is 2.08. The van der Waals surface area contributed by atoms with Crippen LogP contribution in [0.15, 0.2) is 23.2 Å². The number of hydrogen-bond acceptors (Lipinski definition) is 3. The number of nitrogens with zero attached hydrogens (tertiary/aromatic N) is 1. The van der Waals surface area contributed by atoms with E-state index in [0.717, 1.165) is 29.4 Å². The zero-order valence-corrected chi connectivity index (χ0v) is 9.40. The van der Waals surface area contributed by atoms with Gasteiger partial charge in [0, 0.05) is 12.3 Å². The van der Waals surface area contributed by atoms with Crippen LogP contribution >= 0.6 is 11.8 Å². The predicted octanol–water partition coefficient (Wildman–Crippen LogP) is 3.04. The smallest absolute Gasteiger partial charge is 0.161 e. The normalized spacial score (nSPS) is 16.0. The van der Waals surface area contributed by atoms with Crippen molar-refractivity contribution in [2.45, 2.75) is 13.3 Å². The van der Waals surface area contributed by atoms with Crippen LogP contribution < -0.4 is 5.32 Å². The Hall–Kier alpha value is -1.03. The van der Waals surface area contributed by atoms with Gasteiger partial charge < -0.3 is 5.32 Å². The van der Waals surface area contributed by atoms with Gasteiger partial charge in [-0.15, -0.1) is 0 Å². The second-order valence-corrected chi connectivity index (χ2v) is 4.58. The van der Waals surface area contributed by atoms with E-state index in [1.807, 2.05) is 13.0 Å². The summed E-state index contributed by atoms with van der Waals surface area (Å²) < 4.78 is 13.5. The van der Waals surface area contributed by atoms with Crippen LogP contribution in [0, 0.1) is 12.7 Å². The predicted molar refractivity (Wildman–Crippen MR) is 64.1 cm³/mol. The molecule has 1 aromatic rings. The second-order valence-electron chi connectivity index (χ2n) is 3.50. The molecule has 15 heavy (non-hydrogen) atoms. The molecule has 0 aromatic heterocycles. The van der Waals surface area contributed by atoms with Crippen LogP contribution in [0.3, 0.4) is 0 Å². The van der Waals surface area contributed by atoms with E-state index >= 15 is 0 Å². The summed E-state index contributed by atoms with van der Waals surface area (Å²) in [6, 6.07) is 5.16. The lowest BCUT2D eigenvalue weighted by atomic mass is 10.2. The van der Waals surface area contributed by atoms with E-state index in [9.17, 15) is 4.39 Å². The van der Waals surface area contributed by atoms with Gasteiger partial charge >= 0.3 is 0 Å². The molecular formula is C11H13FN2S. The van der Waals surface area contributed by atoms with E-state index in [4.69, 9.17) is 0 Å². The zero-order valence-electron chi connectivity index (χ0n) is 8.59. The van der Waals surface area contributed by atoms with Gasteiger partial charge in [-0.05, 0) is 31.0 Å². The summed E-state index contributed by atoms with van der Waals surface area (Å²) in [7, 11) is 0. The van der Waals surface area contributed by atoms with Crippen molar-refractivity contribution in [3.05, 3.63) is 29.6 Å². The summed E-state index contributed by atoms with van der Waals surface area (Å²) in [5.74, 6) is 0.836. The Kier molecular flexibility index (Phi) is 3.26. The van der Waals surface area contributed by atoms with E-state index < -0.39 is 0 Å². The molecule has 80 valence electrons. The molecule has 0 saturated heterocycles. The van der Waals surface area contributed by atoms with E-state index in [1.54, 1.807) is 17.8 Å². The largest absolute Gasteiger partial charge is 0.333 e. The Morgan fingerprint density at radius 3 is 3.00 bits per heavy atom. The Labute approximate surface area is 93.0 Å². The third kappa shape index (κ3) is 2.72. The van der Waals surface area contributed by atoms with E-state index in [-0.39, 0.29) is 5.82 Å². The summed E-state index contributed by atoms with van der Waals surface area (Å²) >= 11 is 1.64. The Morgan fingerprint density at radius 2 is 2.33 bits per heavy atom. The minimum Gasteiger partial charge on any atom is -0.333 e. The lowest BCUT2D eigenvalue weighted by molar-refractivity contribution is 0.631. The number of aryl methyl sites for hydroxylation is 1. The zero-order chi connectivity index (χ0) is 10.7. The molecule has 2 rings (SSSR count). The first-order valence-electron chi connectivity index (χ1n) is 4.96. The van der Waals surface area contributed by atoms with Gasteiger partial charge in [0.25, 0.3) is 0 Å². The average Bonchev–Trinajstić information content (AvgIpc) is 2.24. The molecule has 0 radical (unpaired) electrons. The molecule has 0 fully saturated rings. The van der Waals surface area contributed by atoms with Gasteiger partial charge in [-0.2, -0.15) is 0 Å². The first-order valence-corrected chi connectivity index (χ1v) is 5.95. The molecule has 1 heterocycles. The Morgan fingerprint density at radius 1 is 1.47 bits per heavy atom. The topological polar surface area (TPSA) is 24.4 Å². The quantitative estimate of drug-likeness (QED) is 0.793. The van der Waals surface area contributed by atoms with Crippen LogP contribution in [-0.2, 0) is 0 Å². The monoisotopic (exact) mass is 224 g/mol. The van der Waals surface area contributed by atoms with Crippen LogP contribution in [0.2, 0.25) is 0 Å². The number of anilines is 1. The van der Waals surface area contributed by atoms with Crippen LogP contribution in [0.5, 0.6) is 0 Å². The maximum atomic E-state index is 13.5. The maximum absolute atomic E-state index is 13.5. The van der Waals surface area contributed by atoms with Crippen molar-refractivity contribution >= 4 is 22.6 Å². The number of amidine groups is 1. The highest BCUT2D eigenvalue weighted by molar-refractivity contribution is 8.14. The summed E-state index contributed by atoms with van der Waals surface area (Å²) in [5.41, 5.74) is 1.44. The second kappa shape index (κ2) is 4.66. The molecule has 0 atom stereocenters. The third-order valence-corrected chi connectivity index (χ3v) is 3.16. The summed E-state index contributed by atoms with van der Waals surface area (Å²) in [4.78, 5) is 4.29. The van der Waals surface area contributed by atoms with E-state index in [0.29, 0.717) is 5.69 Å². The third-order valence-electron chi connectivity index (χ3n) is 2.16. The minimum atomic E-state index is -0.219. The van der Waals surface area contributed by atoms with Crippen LogP contribution in [0.25, 0.3) is 0 Å². The fourth-order valence-electron chi connectivity index (χ4n) is 1.37. The van der Waals surface area contributed by atoms with Crippen LogP contribution in [0.4, 0.5) is 10.1 Å². The number of aliphatic imine (C=N–C) groups is 1. The van der Waals surface area contributed by atoms with Gasteiger partial charge in [-0.3, -0.25) is 4.99 Å². The molecule has 0 unspecified atom stereocenters. The van der Waals surface area contributed by atoms with Gasteiger partial charge in [0.2, 0.25) is 0 Å². The molecule has 0 amide bonds. The van der Waals surface area contributed by atoms with Crippen molar-refractivity contribution in [1.29, 1.82) is 0 Å².